The van der Waals surface area contributed by atoms with Gasteiger partial charge >= 0.3 is 0 Å². The van der Waals surface area contributed by atoms with Crippen molar-refractivity contribution in [2.24, 2.45) is 5.10 Å². The molecule has 7 nitrogen and oxygen atoms in total. The molecule has 0 aliphatic rings. The van der Waals surface area contributed by atoms with E-state index in [-0.39, 0.29) is 0 Å². The molecule has 108 valence electrons. The number of imidazole rings is 1. The third-order valence-electron chi connectivity index (χ3n) is 3.10. The third kappa shape index (κ3) is 2.29. The molecular weight excluding hydrogens is 298 g/mol. The molecule has 0 radical (unpaired) electrons. The van der Waals surface area contributed by atoms with Crippen molar-refractivity contribution in [3.63, 3.8) is 0 Å². The van der Waals surface area contributed by atoms with Gasteiger partial charge in [-0.05, 0) is 12.1 Å². The van der Waals surface area contributed by atoms with Gasteiger partial charge in [0.1, 0.15) is 5.52 Å². The van der Waals surface area contributed by atoms with Crippen molar-refractivity contribution in [3.8, 4) is 0 Å². The van der Waals surface area contributed by atoms with Crippen molar-refractivity contribution in [2.75, 3.05) is 12.1 Å². The predicted molar refractivity (Wildman–Crippen MR) is 87.3 cm³/mol. The first-order valence-corrected chi connectivity index (χ1v) is 7.41. The Morgan fingerprint density at radius 2 is 2.14 bits per heavy atom. The second-order valence-electron chi connectivity index (χ2n) is 4.60. The van der Waals surface area contributed by atoms with E-state index >= 15 is 0 Å². The SMILES string of the molecule is CN(N=Cc1ncc2[nH]cnc2n1)c1nc2ccccc2s1. The molecule has 1 N–H and O–H groups in total. The summed E-state index contributed by atoms with van der Waals surface area (Å²) in [5.41, 5.74) is 2.40. The van der Waals surface area contributed by atoms with Crippen LogP contribution in [0.4, 0.5) is 5.13 Å². The number of anilines is 1. The van der Waals surface area contributed by atoms with Crippen LogP contribution in [0.1, 0.15) is 5.82 Å². The van der Waals surface area contributed by atoms with Crippen LogP contribution in [0.5, 0.6) is 0 Å². The van der Waals surface area contributed by atoms with E-state index in [0.29, 0.717) is 11.5 Å². The zero-order chi connectivity index (χ0) is 14.9. The lowest BCUT2D eigenvalue weighted by Gasteiger charge is -2.06. The lowest BCUT2D eigenvalue weighted by Crippen LogP contribution is -2.09. The topological polar surface area (TPSA) is 83.0 Å². The molecule has 0 bridgehead atoms. The maximum atomic E-state index is 4.54. The molecule has 1 aromatic carbocycles. The summed E-state index contributed by atoms with van der Waals surface area (Å²) in [5.74, 6) is 0.507. The second-order valence-corrected chi connectivity index (χ2v) is 5.61. The number of hydrogen-bond acceptors (Lipinski definition) is 7. The molecule has 0 saturated carbocycles. The van der Waals surface area contributed by atoms with E-state index in [1.165, 1.54) is 0 Å². The van der Waals surface area contributed by atoms with Crippen molar-refractivity contribution in [2.45, 2.75) is 0 Å². The molecule has 4 aromatic rings. The van der Waals surface area contributed by atoms with Crippen LogP contribution >= 0.6 is 11.3 Å². The summed E-state index contributed by atoms with van der Waals surface area (Å²) in [7, 11) is 1.85. The minimum atomic E-state index is 0.507. The molecule has 3 heterocycles. The quantitative estimate of drug-likeness (QED) is 0.464. The molecule has 0 spiro atoms. The number of benzene rings is 1. The van der Waals surface area contributed by atoms with Crippen molar-refractivity contribution in [3.05, 3.63) is 42.6 Å². The molecule has 0 aliphatic heterocycles. The average molecular weight is 309 g/mol. The van der Waals surface area contributed by atoms with E-state index in [1.807, 2.05) is 31.3 Å². The van der Waals surface area contributed by atoms with Crippen LogP contribution in [-0.2, 0) is 0 Å². The zero-order valence-corrected chi connectivity index (χ0v) is 12.4. The van der Waals surface area contributed by atoms with E-state index in [0.717, 1.165) is 20.9 Å². The maximum Gasteiger partial charge on any atom is 0.206 e. The molecule has 3 aromatic heterocycles. The van der Waals surface area contributed by atoms with Gasteiger partial charge in [0.2, 0.25) is 5.13 Å². The number of para-hydroxylation sites is 1. The first-order valence-electron chi connectivity index (χ1n) is 6.59. The highest BCUT2D eigenvalue weighted by Gasteiger charge is 2.07. The van der Waals surface area contributed by atoms with Crippen molar-refractivity contribution < 1.29 is 0 Å². The lowest BCUT2D eigenvalue weighted by molar-refractivity contribution is 1.01. The smallest absolute Gasteiger partial charge is 0.206 e. The summed E-state index contributed by atoms with van der Waals surface area (Å²) in [4.78, 5) is 20.1. The van der Waals surface area contributed by atoms with Crippen molar-refractivity contribution in [1.29, 1.82) is 0 Å². The van der Waals surface area contributed by atoms with Crippen LogP contribution < -0.4 is 5.01 Å². The minimum absolute atomic E-state index is 0.507. The van der Waals surface area contributed by atoms with Gasteiger partial charge in [0.25, 0.3) is 0 Å². The van der Waals surface area contributed by atoms with Gasteiger partial charge in [-0.15, -0.1) is 0 Å². The Kier molecular flexibility index (Phi) is 3.01. The van der Waals surface area contributed by atoms with E-state index in [1.54, 1.807) is 35.1 Å². The number of aromatic nitrogens is 5. The second kappa shape index (κ2) is 5.15. The molecule has 0 unspecified atom stereocenters. The van der Waals surface area contributed by atoms with Gasteiger partial charge < -0.3 is 4.98 Å². The first kappa shape index (κ1) is 12.8. The Morgan fingerprint density at radius 1 is 1.23 bits per heavy atom. The van der Waals surface area contributed by atoms with Crippen molar-refractivity contribution in [1.82, 2.24) is 24.9 Å². The van der Waals surface area contributed by atoms with Crippen LogP contribution in [0.25, 0.3) is 21.4 Å². The number of nitrogens with one attached hydrogen (secondary N) is 1. The Morgan fingerprint density at radius 3 is 3.05 bits per heavy atom. The molecule has 8 heteroatoms. The summed E-state index contributed by atoms with van der Waals surface area (Å²) in [6.45, 7) is 0. The summed E-state index contributed by atoms with van der Waals surface area (Å²) < 4.78 is 1.13. The highest BCUT2D eigenvalue weighted by Crippen LogP contribution is 2.27. The van der Waals surface area contributed by atoms with E-state index < -0.39 is 0 Å². The number of H-pyrrole nitrogens is 1. The van der Waals surface area contributed by atoms with E-state index in [2.05, 4.69) is 30.0 Å². The Balaban J connectivity index is 1.60. The Labute approximate surface area is 129 Å². The van der Waals surface area contributed by atoms with Gasteiger partial charge in [-0.1, -0.05) is 23.5 Å². The number of nitrogens with zero attached hydrogens (tertiary/aromatic N) is 6. The molecular formula is C14H11N7S. The minimum Gasteiger partial charge on any atom is -0.342 e. The lowest BCUT2D eigenvalue weighted by atomic mass is 10.3. The maximum absolute atomic E-state index is 4.54. The highest BCUT2D eigenvalue weighted by atomic mass is 32.1. The van der Waals surface area contributed by atoms with Crippen LogP contribution in [-0.4, -0.2) is 38.2 Å². The van der Waals surface area contributed by atoms with E-state index in [4.69, 9.17) is 0 Å². The number of hydrazone groups is 1. The van der Waals surface area contributed by atoms with Crippen LogP contribution in [0.15, 0.2) is 41.9 Å². The standard InChI is InChI=1S/C14H11N7S/c1-21(14-19-9-4-2-3-5-11(9)22-14)18-7-12-15-6-10-13(20-12)17-8-16-10/h2-8H,1H3,(H,15,16,17,20). The first-order chi connectivity index (χ1) is 10.8. The molecule has 0 atom stereocenters. The Hall–Kier alpha value is -2.87. The van der Waals surface area contributed by atoms with Crippen molar-refractivity contribution >= 4 is 44.1 Å². The summed E-state index contributed by atoms with van der Waals surface area (Å²) >= 11 is 1.59. The molecule has 0 saturated heterocycles. The molecule has 4 rings (SSSR count). The molecule has 0 fully saturated rings. The molecule has 0 aliphatic carbocycles. The summed E-state index contributed by atoms with van der Waals surface area (Å²) in [5, 5.41) is 6.87. The van der Waals surface area contributed by atoms with Gasteiger partial charge in [-0.2, -0.15) is 5.10 Å². The highest BCUT2D eigenvalue weighted by molar-refractivity contribution is 7.22. The Bertz CT molecular complexity index is 938. The fourth-order valence-corrected chi connectivity index (χ4v) is 2.88. The fourth-order valence-electron chi connectivity index (χ4n) is 2.00. The normalized spacial score (nSPS) is 11.7. The predicted octanol–water partition coefficient (Wildman–Crippen LogP) is 2.43. The van der Waals surface area contributed by atoms with Crippen LogP contribution in [0, 0.1) is 0 Å². The van der Waals surface area contributed by atoms with E-state index in [9.17, 15) is 0 Å². The number of aromatic amines is 1. The number of thiazole rings is 1. The summed E-state index contributed by atoms with van der Waals surface area (Å²) in [6, 6.07) is 8.01. The van der Waals surface area contributed by atoms with Gasteiger partial charge in [0.15, 0.2) is 11.5 Å². The molecule has 22 heavy (non-hydrogen) atoms. The van der Waals surface area contributed by atoms with Crippen LogP contribution in [0.3, 0.4) is 0 Å². The number of rotatable bonds is 3. The largest absolute Gasteiger partial charge is 0.342 e. The molecule has 0 amide bonds. The third-order valence-corrected chi connectivity index (χ3v) is 4.20. The van der Waals surface area contributed by atoms with Crippen LogP contribution in [0.2, 0.25) is 0 Å². The zero-order valence-electron chi connectivity index (χ0n) is 11.6. The monoisotopic (exact) mass is 309 g/mol. The summed E-state index contributed by atoms with van der Waals surface area (Å²) in [6.07, 6.45) is 4.88. The average Bonchev–Trinajstić information content (AvgIpc) is 3.18. The fraction of sp³-hybridized carbons (Fsp3) is 0.0714. The van der Waals surface area contributed by atoms with Gasteiger partial charge in [0, 0.05) is 7.05 Å². The van der Waals surface area contributed by atoms with Gasteiger partial charge in [0.05, 0.1) is 29.0 Å². The number of hydrogen-bond donors (Lipinski definition) is 1. The van der Waals surface area contributed by atoms with Gasteiger partial charge in [-0.25, -0.2) is 24.9 Å². The van der Waals surface area contributed by atoms with Gasteiger partial charge in [-0.3, -0.25) is 0 Å². The number of fused-ring (bicyclic) bond motifs is 2.